The molecule has 11 heteroatoms. The second kappa shape index (κ2) is 16.4. The highest BCUT2D eigenvalue weighted by Gasteiger charge is 2.28. The Hall–Kier alpha value is -2.24. The van der Waals surface area contributed by atoms with Gasteiger partial charge >= 0.3 is 5.97 Å². The molecule has 0 aliphatic carbocycles. The maximum Gasteiger partial charge on any atom is 0.326 e. The molecule has 0 saturated carbocycles. The summed E-state index contributed by atoms with van der Waals surface area (Å²) in [7, 11) is 0. The van der Waals surface area contributed by atoms with Crippen LogP contribution in [0.4, 0.5) is 0 Å². The average Bonchev–Trinajstić information content (AvgIpc) is 2.71. The van der Waals surface area contributed by atoms with Crippen molar-refractivity contribution in [2.45, 2.75) is 89.9 Å². The first-order valence-electron chi connectivity index (χ1n) is 11.3. The van der Waals surface area contributed by atoms with Gasteiger partial charge in [-0.3, -0.25) is 14.4 Å². The standard InChI is InChI=1S/C21H42N6O5/c1-13(2)12-15(24)19(29)26-16(8-4-6-10-22)20(30)25-14(3)18(28)27-17(21(31)32)9-5-7-11-23/h13-17H,4-12,22-24H2,1-3H3,(H,25,30)(H,26,29)(H,27,28)(H,31,32). The van der Waals surface area contributed by atoms with Gasteiger partial charge in [-0.2, -0.15) is 0 Å². The van der Waals surface area contributed by atoms with Gasteiger partial charge < -0.3 is 38.3 Å². The topological polar surface area (TPSA) is 203 Å². The minimum atomic E-state index is -1.15. The van der Waals surface area contributed by atoms with Gasteiger partial charge in [-0.25, -0.2) is 4.79 Å². The Morgan fingerprint density at radius 2 is 1.25 bits per heavy atom. The van der Waals surface area contributed by atoms with E-state index in [-0.39, 0.29) is 12.3 Å². The van der Waals surface area contributed by atoms with Gasteiger partial charge in [0.25, 0.3) is 0 Å². The number of aliphatic carboxylic acids is 1. The Morgan fingerprint density at radius 3 is 1.72 bits per heavy atom. The molecule has 11 nitrogen and oxygen atoms in total. The second-order valence-electron chi connectivity index (χ2n) is 8.50. The van der Waals surface area contributed by atoms with Crippen LogP contribution >= 0.6 is 0 Å². The zero-order valence-corrected chi connectivity index (χ0v) is 19.6. The van der Waals surface area contributed by atoms with Gasteiger partial charge in [-0.15, -0.1) is 0 Å². The van der Waals surface area contributed by atoms with Gasteiger partial charge in [-0.1, -0.05) is 13.8 Å². The predicted octanol–water partition coefficient (Wildman–Crippen LogP) is -0.823. The zero-order valence-electron chi connectivity index (χ0n) is 19.6. The normalized spacial score (nSPS) is 14.8. The van der Waals surface area contributed by atoms with E-state index in [1.165, 1.54) is 6.92 Å². The summed E-state index contributed by atoms with van der Waals surface area (Å²) in [5.74, 6) is -2.53. The van der Waals surface area contributed by atoms with Crippen LogP contribution in [0.15, 0.2) is 0 Å². The molecule has 4 unspecified atom stereocenters. The van der Waals surface area contributed by atoms with E-state index < -0.39 is 47.9 Å². The Bertz CT molecular complexity index is 601. The summed E-state index contributed by atoms with van der Waals surface area (Å²) < 4.78 is 0. The first kappa shape index (κ1) is 29.8. The highest BCUT2D eigenvalue weighted by atomic mass is 16.4. The molecule has 32 heavy (non-hydrogen) atoms. The lowest BCUT2D eigenvalue weighted by atomic mass is 10.0. The van der Waals surface area contributed by atoms with Crippen LogP contribution in [0.2, 0.25) is 0 Å². The molecule has 0 aliphatic heterocycles. The number of carbonyl (C=O) groups is 4. The van der Waals surface area contributed by atoms with Crippen LogP contribution in [0.5, 0.6) is 0 Å². The summed E-state index contributed by atoms with van der Waals surface area (Å²) in [6, 6.07) is -3.67. The molecule has 0 saturated heterocycles. The highest BCUT2D eigenvalue weighted by molar-refractivity contribution is 5.93. The summed E-state index contributed by atoms with van der Waals surface area (Å²) >= 11 is 0. The zero-order chi connectivity index (χ0) is 24.7. The highest BCUT2D eigenvalue weighted by Crippen LogP contribution is 2.06. The summed E-state index contributed by atoms with van der Waals surface area (Å²) in [6.45, 7) is 6.23. The lowest BCUT2D eigenvalue weighted by Gasteiger charge is -2.24. The van der Waals surface area contributed by atoms with Crippen LogP contribution in [-0.2, 0) is 19.2 Å². The third-order valence-electron chi connectivity index (χ3n) is 4.96. The van der Waals surface area contributed by atoms with E-state index in [9.17, 15) is 24.3 Å². The van der Waals surface area contributed by atoms with Crippen molar-refractivity contribution in [3.8, 4) is 0 Å². The second-order valence-corrected chi connectivity index (χ2v) is 8.50. The van der Waals surface area contributed by atoms with Gasteiger partial charge in [0.15, 0.2) is 0 Å². The van der Waals surface area contributed by atoms with Crippen molar-refractivity contribution in [1.29, 1.82) is 0 Å². The smallest absolute Gasteiger partial charge is 0.326 e. The third-order valence-corrected chi connectivity index (χ3v) is 4.96. The number of hydrogen-bond donors (Lipinski definition) is 7. The number of carboxylic acid groups (broad SMARTS) is 1. The number of hydrogen-bond acceptors (Lipinski definition) is 7. The van der Waals surface area contributed by atoms with Crippen molar-refractivity contribution in [3.63, 3.8) is 0 Å². The summed E-state index contributed by atoms with van der Waals surface area (Å²) in [5, 5.41) is 17.0. The van der Waals surface area contributed by atoms with E-state index in [1.807, 2.05) is 13.8 Å². The molecule has 0 fully saturated rings. The Morgan fingerprint density at radius 1 is 0.750 bits per heavy atom. The Kier molecular flexibility index (Phi) is 15.3. The number of carbonyl (C=O) groups excluding carboxylic acids is 3. The molecule has 0 rings (SSSR count). The lowest BCUT2D eigenvalue weighted by Crippen LogP contribution is -2.56. The number of unbranched alkanes of at least 4 members (excludes halogenated alkanes) is 2. The first-order valence-corrected chi connectivity index (χ1v) is 11.3. The van der Waals surface area contributed by atoms with E-state index in [0.717, 1.165) is 0 Å². The van der Waals surface area contributed by atoms with Gasteiger partial charge in [0, 0.05) is 0 Å². The van der Waals surface area contributed by atoms with Gasteiger partial charge in [0.1, 0.15) is 18.1 Å². The van der Waals surface area contributed by atoms with Crippen molar-refractivity contribution in [3.05, 3.63) is 0 Å². The quantitative estimate of drug-likeness (QED) is 0.137. The third kappa shape index (κ3) is 12.6. The molecular formula is C21H42N6O5. The molecule has 0 aromatic rings. The van der Waals surface area contributed by atoms with E-state index in [4.69, 9.17) is 17.2 Å². The van der Waals surface area contributed by atoms with Crippen LogP contribution in [0, 0.1) is 5.92 Å². The van der Waals surface area contributed by atoms with Crippen molar-refractivity contribution < 1.29 is 24.3 Å². The fraction of sp³-hybridized carbons (Fsp3) is 0.810. The van der Waals surface area contributed by atoms with Crippen LogP contribution in [0.3, 0.4) is 0 Å². The summed E-state index contributed by atoms with van der Waals surface area (Å²) in [5.41, 5.74) is 16.8. The van der Waals surface area contributed by atoms with Crippen LogP contribution in [0.25, 0.3) is 0 Å². The van der Waals surface area contributed by atoms with E-state index >= 15 is 0 Å². The van der Waals surface area contributed by atoms with Crippen molar-refractivity contribution >= 4 is 23.7 Å². The molecule has 0 spiro atoms. The molecule has 0 radical (unpaired) electrons. The van der Waals surface area contributed by atoms with Crippen molar-refractivity contribution in [1.82, 2.24) is 16.0 Å². The van der Waals surface area contributed by atoms with Crippen LogP contribution < -0.4 is 33.2 Å². The van der Waals surface area contributed by atoms with Gasteiger partial charge in [0.2, 0.25) is 17.7 Å². The van der Waals surface area contributed by atoms with Crippen molar-refractivity contribution in [2.75, 3.05) is 13.1 Å². The van der Waals surface area contributed by atoms with Gasteiger partial charge in [0.05, 0.1) is 6.04 Å². The molecule has 3 amide bonds. The first-order chi connectivity index (χ1) is 15.0. The largest absolute Gasteiger partial charge is 0.480 e. The molecule has 0 aromatic carbocycles. The molecule has 0 aliphatic rings. The number of nitrogens with one attached hydrogen (secondary N) is 3. The maximum absolute atomic E-state index is 12.8. The number of amides is 3. The lowest BCUT2D eigenvalue weighted by molar-refractivity contribution is -0.142. The fourth-order valence-electron chi connectivity index (χ4n) is 3.08. The molecular weight excluding hydrogens is 416 g/mol. The predicted molar refractivity (Wildman–Crippen MR) is 122 cm³/mol. The fourth-order valence-corrected chi connectivity index (χ4v) is 3.08. The van der Waals surface area contributed by atoms with E-state index in [0.29, 0.717) is 51.6 Å². The molecule has 0 bridgehead atoms. The van der Waals surface area contributed by atoms with Gasteiger partial charge in [-0.05, 0) is 70.9 Å². The van der Waals surface area contributed by atoms with E-state index in [1.54, 1.807) is 0 Å². The monoisotopic (exact) mass is 458 g/mol. The minimum Gasteiger partial charge on any atom is -0.480 e. The average molecular weight is 459 g/mol. The summed E-state index contributed by atoms with van der Waals surface area (Å²) in [6.07, 6.45) is 3.55. The number of nitrogens with two attached hydrogens (primary N) is 3. The number of rotatable bonds is 17. The molecule has 10 N–H and O–H groups in total. The maximum atomic E-state index is 12.8. The Balaban J connectivity index is 5.01. The molecule has 4 atom stereocenters. The molecule has 0 heterocycles. The minimum absolute atomic E-state index is 0.219. The molecule has 186 valence electrons. The van der Waals surface area contributed by atoms with E-state index in [2.05, 4.69) is 16.0 Å². The molecule has 0 aromatic heterocycles. The Labute approximate surface area is 190 Å². The van der Waals surface area contributed by atoms with Crippen LogP contribution in [0.1, 0.15) is 65.7 Å². The van der Waals surface area contributed by atoms with Crippen LogP contribution in [-0.4, -0.2) is 66.1 Å². The van der Waals surface area contributed by atoms with Crippen molar-refractivity contribution in [2.24, 2.45) is 23.1 Å². The summed E-state index contributed by atoms with van der Waals surface area (Å²) in [4.78, 5) is 49.0. The SMILES string of the molecule is CC(C)CC(N)C(=O)NC(CCCCN)C(=O)NC(C)C(=O)NC(CCCCN)C(=O)O. The number of carboxylic acids is 1.